The van der Waals surface area contributed by atoms with Crippen LogP contribution in [0.2, 0.25) is 0 Å². The molecule has 2 heterocycles. The number of hydrogen-bond donors (Lipinski definition) is 2. The molecule has 0 aliphatic carbocycles. The zero-order valence-electron chi connectivity index (χ0n) is 18.5. The number of benzene rings is 2. The highest BCUT2D eigenvalue weighted by molar-refractivity contribution is 5.97. The Morgan fingerprint density at radius 2 is 1.81 bits per heavy atom. The number of nitrogens with one attached hydrogen (secondary N) is 2. The van der Waals surface area contributed by atoms with Crippen LogP contribution in [0.5, 0.6) is 0 Å². The van der Waals surface area contributed by atoms with Gasteiger partial charge in [0.1, 0.15) is 11.3 Å². The average Bonchev–Trinajstić information content (AvgIpc) is 2.81. The van der Waals surface area contributed by atoms with Crippen LogP contribution >= 0.6 is 0 Å². The molecule has 2 aromatic carbocycles. The molecule has 6 nitrogen and oxygen atoms in total. The average molecular weight is 428 g/mol. The van der Waals surface area contributed by atoms with Crippen molar-refractivity contribution in [2.24, 2.45) is 0 Å². The summed E-state index contributed by atoms with van der Waals surface area (Å²) < 4.78 is 6.37. The molecule has 1 unspecified atom stereocenters. The lowest BCUT2D eigenvalue weighted by Gasteiger charge is -2.20. The van der Waals surface area contributed by atoms with Crippen molar-refractivity contribution in [3.63, 3.8) is 0 Å². The predicted molar refractivity (Wildman–Crippen MR) is 127 cm³/mol. The fourth-order valence-corrected chi connectivity index (χ4v) is 3.89. The van der Waals surface area contributed by atoms with Gasteiger partial charge in [0, 0.05) is 29.9 Å². The second kappa shape index (κ2) is 8.67. The van der Waals surface area contributed by atoms with Crippen molar-refractivity contribution < 1.29 is 9.21 Å². The molecule has 0 spiro atoms. The second-order valence-electron chi connectivity index (χ2n) is 7.83. The van der Waals surface area contributed by atoms with Gasteiger partial charge in [-0.05, 0) is 44.5 Å². The monoisotopic (exact) mass is 427 g/mol. The molecule has 1 amide bonds. The Balaban J connectivity index is 1.87. The number of carbonyl (C=O) groups is 1. The van der Waals surface area contributed by atoms with Crippen LogP contribution in [0.15, 0.2) is 70.0 Å². The summed E-state index contributed by atoms with van der Waals surface area (Å²) in [4.78, 5) is 29.7. The smallest absolute Gasteiger partial charge is 0.271 e. The highest BCUT2D eigenvalue weighted by atomic mass is 16.3. The minimum atomic E-state index is -0.275. The molecule has 2 aromatic heterocycles. The number of fused-ring (bicyclic) bond motifs is 1. The minimum absolute atomic E-state index is 0.0466. The molecule has 0 saturated heterocycles. The summed E-state index contributed by atoms with van der Waals surface area (Å²) in [6.45, 7) is 5.72. The molecular weight excluding hydrogens is 402 g/mol. The van der Waals surface area contributed by atoms with Crippen LogP contribution in [0.4, 0.5) is 5.69 Å². The van der Waals surface area contributed by atoms with E-state index in [1.54, 1.807) is 26.2 Å². The fraction of sp³-hybridized carbons (Fsp3) is 0.192. The topological polar surface area (TPSA) is 84.2 Å². The predicted octanol–water partition coefficient (Wildman–Crippen LogP) is 5.00. The molecule has 0 bridgehead atoms. The third-order valence-corrected chi connectivity index (χ3v) is 5.52. The summed E-state index contributed by atoms with van der Waals surface area (Å²) in [5.74, 6) is 0.288. The molecule has 0 fully saturated rings. The van der Waals surface area contributed by atoms with Crippen LogP contribution in [-0.4, -0.2) is 17.9 Å². The van der Waals surface area contributed by atoms with Gasteiger partial charge >= 0.3 is 0 Å². The third kappa shape index (κ3) is 3.87. The molecule has 4 aromatic rings. The van der Waals surface area contributed by atoms with Gasteiger partial charge in [0.05, 0.1) is 17.1 Å². The second-order valence-corrected chi connectivity index (χ2v) is 7.83. The van der Waals surface area contributed by atoms with Gasteiger partial charge in [-0.3, -0.25) is 9.59 Å². The van der Waals surface area contributed by atoms with Crippen LogP contribution in [0.25, 0.3) is 22.3 Å². The number of carbonyl (C=O) groups excluding carboxylic acids is 1. The number of rotatable bonds is 5. The highest BCUT2D eigenvalue weighted by Crippen LogP contribution is 2.32. The summed E-state index contributed by atoms with van der Waals surface area (Å²) in [7, 11) is 1.57. The SMILES string of the molecule is CNC(=O)c1ncccc1NC(C)c1cc(C)cc2c(=O)c(C)c(-c3ccccc3)oc12. The fourth-order valence-electron chi connectivity index (χ4n) is 3.89. The maximum absolute atomic E-state index is 13.2. The zero-order chi connectivity index (χ0) is 22.8. The summed E-state index contributed by atoms with van der Waals surface area (Å²) >= 11 is 0. The van der Waals surface area contributed by atoms with Crippen LogP contribution in [0, 0.1) is 13.8 Å². The normalized spacial score (nSPS) is 11.9. The number of hydrogen-bond acceptors (Lipinski definition) is 5. The number of aryl methyl sites for hydroxylation is 1. The number of anilines is 1. The van der Waals surface area contributed by atoms with Crippen molar-refractivity contribution in [2.75, 3.05) is 12.4 Å². The molecule has 1 atom stereocenters. The zero-order valence-corrected chi connectivity index (χ0v) is 18.5. The summed E-state index contributed by atoms with van der Waals surface area (Å²) in [5, 5.41) is 6.53. The van der Waals surface area contributed by atoms with Crippen LogP contribution < -0.4 is 16.1 Å². The largest absolute Gasteiger partial charge is 0.455 e. The quantitative estimate of drug-likeness (QED) is 0.468. The Hall–Kier alpha value is -3.93. The van der Waals surface area contributed by atoms with Crippen molar-refractivity contribution >= 4 is 22.6 Å². The molecule has 0 aliphatic heterocycles. The Morgan fingerprint density at radius 3 is 2.53 bits per heavy atom. The van der Waals surface area contributed by atoms with Crippen molar-refractivity contribution in [3.05, 3.63) is 93.4 Å². The first-order chi connectivity index (χ1) is 15.4. The maximum Gasteiger partial charge on any atom is 0.271 e. The van der Waals surface area contributed by atoms with E-state index >= 15 is 0 Å². The molecule has 0 saturated carbocycles. The van der Waals surface area contributed by atoms with E-state index in [1.807, 2.05) is 62.4 Å². The first-order valence-corrected chi connectivity index (χ1v) is 10.5. The van der Waals surface area contributed by atoms with E-state index in [-0.39, 0.29) is 17.4 Å². The van der Waals surface area contributed by atoms with Crippen molar-refractivity contribution in [2.45, 2.75) is 26.8 Å². The third-order valence-electron chi connectivity index (χ3n) is 5.52. The van der Waals surface area contributed by atoms with Crippen LogP contribution in [0.1, 0.15) is 40.1 Å². The number of nitrogens with zero attached hydrogens (tertiary/aromatic N) is 1. The van der Waals surface area contributed by atoms with E-state index < -0.39 is 0 Å². The number of pyridine rings is 1. The van der Waals surface area contributed by atoms with Crippen molar-refractivity contribution in [3.8, 4) is 11.3 Å². The van der Waals surface area contributed by atoms with E-state index in [9.17, 15) is 9.59 Å². The standard InChI is InChI=1S/C26H25N3O3/c1-15-13-19(17(3)29-21-11-8-12-28-22(21)26(31)27-4)25-20(14-15)23(30)16(2)24(32-25)18-9-6-5-7-10-18/h5-14,17,29H,1-4H3,(H,27,31). The number of amides is 1. The van der Waals surface area contributed by atoms with Crippen molar-refractivity contribution in [1.29, 1.82) is 0 Å². The molecule has 0 aliphatic rings. The van der Waals surface area contributed by atoms with Gasteiger partial charge in [-0.25, -0.2) is 4.98 Å². The summed E-state index contributed by atoms with van der Waals surface area (Å²) in [5.41, 5.74) is 4.62. The van der Waals surface area contributed by atoms with E-state index in [2.05, 4.69) is 15.6 Å². The van der Waals surface area contributed by atoms with E-state index in [0.717, 1.165) is 16.7 Å². The Labute approximate surface area is 186 Å². The molecule has 32 heavy (non-hydrogen) atoms. The first-order valence-electron chi connectivity index (χ1n) is 10.5. The lowest BCUT2D eigenvalue weighted by molar-refractivity contribution is 0.0959. The van der Waals surface area contributed by atoms with Crippen molar-refractivity contribution in [1.82, 2.24) is 10.3 Å². The summed E-state index contributed by atoms with van der Waals surface area (Å²) in [6, 6.07) is 16.8. The van der Waals surface area contributed by atoms with E-state index in [0.29, 0.717) is 33.7 Å². The van der Waals surface area contributed by atoms with Gasteiger partial charge in [0.25, 0.3) is 5.91 Å². The Bertz CT molecular complexity index is 1360. The van der Waals surface area contributed by atoms with Gasteiger partial charge in [-0.2, -0.15) is 0 Å². The van der Waals surface area contributed by atoms with E-state index in [1.165, 1.54) is 0 Å². The Morgan fingerprint density at radius 1 is 1.06 bits per heavy atom. The Kier molecular flexibility index (Phi) is 5.77. The molecule has 2 N–H and O–H groups in total. The van der Waals surface area contributed by atoms with Gasteiger partial charge in [0.15, 0.2) is 11.1 Å². The minimum Gasteiger partial charge on any atom is -0.455 e. The lowest BCUT2D eigenvalue weighted by atomic mass is 9.98. The first kappa shape index (κ1) is 21.3. The maximum atomic E-state index is 13.2. The van der Waals surface area contributed by atoms with Crippen LogP contribution in [-0.2, 0) is 0 Å². The lowest BCUT2D eigenvalue weighted by Crippen LogP contribution is -2.22. The van der Waals surface area contributed by atoms with E-state index in [4.69, 9.17) is 4.42 Å². The van der Waals surface area contributed by atoms with Gasteiger partial charge in [-0.1, -0.05) is 36.4 Å². The molecule has 0 radical (unpaired) electrons. The molecular formula is C26H25N3O3. The molecule has 6 heteroatoms. The number of aromatic nitrogens is 1. The van der Waals surface area contributed by atoms with Crippen LogP contribution in [0.3, 0.4) is 0 Å². The van der Waals surface area contributed by atoms with Gasteiger partial charge in [-0.15, -0.1) is 0 Å². The molecule has 162 valence electrons. The highest BCUT2D eigenvalue weighted by Gasteiger charge is 2.20. The summed E-state index contributed by atoms with van der Waals surface area (Å²) in [6.07, 6.45) is 1.58. The molecule has 4 rings (SSSR count). The van der Waals surface area contributed by atoms with Gasteiger partial charge < -0.3 is 15.1 Å². The van der Waals surface area contributed by atoms with Gasteiger partial charge in [0.2, 0.25) is 0 Å².